The van der Waals surface area contributed by atoms with Crippen molar-refractivity contribution in [1.82, 2.24) is 20.0 Å². The second-order valence-corrected chi connectivity index (χ2v) is 8.88. The molecule has 2 aromatic heterocycles. The van der Waals surface area contributed by atoms with Crippen LogP contribution in [0.4, 0.5) is 5.69 Å². The Morgan fingerprint density at radius 2 is 1.89 bits per heavy atom. The van der Waals surface area contributed by atoms with Crippen LogP contribution >= 0.6 is 0 Å². The van der Waals surface area contributed by atoms with Crippen LogP contribution in [0.25, 0.3) is 5.70 Å². The number of nitrogens with two attached hydrogens (primary N) is 2. The van der Waals surface area contributed by atoms with Crippen molar-refractivity contribution in [2.75, 3.05) is 31.6 Å². The average Bonchev–Trinajstić information content (AvgIpc) is 3.32. The summed E-state index contributed by atoms with van der Waals surface area (Å²) in [5.74, 6) is 5.77. The third kappa shape index (κ3) is 7.05. The molecule has 1 aliphatic heterocycles. The zero-order valence-electron chi connectivity index (χ0n) is 20.9. The van der Waals surface area contributed by atoms with Crippen molar-refractivity contribution in [3.05, 3.63) is 47.2 Å². The number of carbonyl (C=O) groups is 1. The highest BCUT2D eigenvalue weighted by molar-refractivity contribution is 5.65. The van der Waals surface area contributed by atoms with Crippen molar-refractivity contribution in [1.29, 1.82) is 0 Å². The highest BCUT2D eigenvalue weighted by atomic mass is 16.5. The number of pyridine rings is 1. The van der Waals surface area contributed by atoms with Gasteiger partial charge >= 0.3 is 6.01 Å². The molecule has 0 amide bonds. The first-order valence-electron chi connectivity index (χ1n) is 12.2. The number of aryl methyl sites for hydroxylation is 1. The minimum atomic E-state index is -0.833. The Labute approximate surface area is 207 Å². The highest BCUT2D eigenvalue weighted by Crippen LogP contribution is 2.35. The predicted molar refractivity (Wildman–Crippen MR) is 136 cm³/mol. The van der Waals surface area contributed by atoms with Crippen molar-refractivity contribution < 1.29 is 14.6 Å². The molecule has 10 nitrogen and oxygen atoms in total. The van der Waals surface area contributed by atoms with Crippen LogP contribution in [0.3, 0.4) is 0 Å². The maximum Gasteiger partial charge on any atom is 0.316 e. The third-order valence-corrected chi connectivity index (χ3v) is 6.26. The molecule has 2 aromatic rings. The summed E-state index contributed by atoms with van der Waals surface area (Å²) in [6.07, 6.45) is 8.68. The predicted octanol–water partition coefficient (Wildman–Crippen LogP) is 2.90. The standard InChI is InChI=1S/C23H33N7O.C2H4O2/c1-3-17-20(30-13-4-5-14-30)10-9-19(27-17)22(24)21(29(2)25)15-31-23-26-12-11-18(28-23)16-7-6-8-16;1-2(3)4/h9-12,16H,3-8,13-15,24-25H2,1-2H3;1H3,(H,3,4)/b22-21-;. The monoisotopic (exact) mass is 483 g/mol. The molecule has 0 aromatic carbocycles. The fourth-order valence-corrected chi connectivity index (χ4v) is 4.16. The van der Waals surface area contributed by atoms with Gasteiger partial charge in [0.25, 0.3) is 5.97 Å². The van der Waals surface area contributed by atoms with E-state index in [1.165, 1.54) is 42.8 Å². The van der Waals surface area contributed by atoms with Gasteiger partial charge in [0.2, 0.25) is 0 Å². The van der Waals surface area contributed by atoms with Gasteiger partial charge in [0.15, 0.2) is 0 Å². The molecule has 2 fully saturated rings. The van der Waals surface area contributed by atoms with Crippen molar-refractivity contribution in [2.45, 2.75) is 58.3 Å². The number of carboxylic acid groups (broad SMARTS) is 1. The van der Waals surface area contributed by atoms with Crippen LogP contribution in [-0.4, -0.2) is 57.8 Å². The van der Waals surface area contributed by atoms with Gasteiger partial charge in [0.05, 0.1) is 34.2 Å². The first kappa shape index (κ1) is 26.2. The summed E-state index contributed by atoms with van der Waals surface area (Å²) in [5.41, 5.74) is 11.7. The van der Waals surface area contributed by atoms with E-state index in [1.54, 1.807) is 13.2 Å². The summed E-state index contributed by atoms with van der Waals surface area (Å²) in [7, 11) is 1.75. The van der Waals surface area contributed by atoms with Crippen LogP contribution in [0.2, 0.25) is 0 Å². The van der Waals surface area contributed by atoms with Crippen molar-refractivity contribution >= 4 is 17.4 Å². The zero-order valence-corrected chi connectivity index (χ0v) is 20.9. The van der Waals surface area contributed by atoms with Gasteiger partial charge in [-0.15, -0.1) is 0 Å². The van der Waals surface area contributed by atoms with E-state index < -0.39 is 5.97 Å². The number of hydrogen-bond donors (Lipinski definition) is 3. The van der Waals surface area contributed by atoms with Crippen LogP contribution in [0.5, 0.6) is 6.01 Å². The second-order valence-electron chi connectivity index (χ2n) is 8.88. The Kier molecular flexibility index (Phi) is 9.25. The van der Waals surface area contributed by atoms with Gasteiger partial charge in [-0.2, -0.15) is 4.98 Å². The lowest BCUT2D eigenvalue weighted by Crippen LogP contribution is -2.31. The number of likely N-dealkylation sites (N-methyl/N-ethyl adjacent to an activating group) is 1. The van der Waals surface area contributed by atoms with E-state index in [0.29, 0.717) is 29.0 Å². The molecular formula is C25H37N7O3. The lowest BCUT2D eigenvalue weighted by atomic mass is 9.83. The molecule has 5 N–H and O–H groups in total. The minimum absolute atomic E-state index is 0.171. The highest BCUT2D eigenvalue weighted by Gasteiger charge is 2.22. The van der Waals surface area contributed by atoms with E-state index in [9.17, 15) is 0 Å². The first-order chi connectivity index (χ1) is 16.8. The Hall–Kier alpha value is -3.40. The van der Waals surface area contributed by atoms with Gasteiger partial charge in [-0.25, -0.2) is 15.8 Å². The molecule has 4 rings (SSSR count). The van der Waals surface area contributed by atoms with Gasteiger partial charge in [0, 0.05) is 39.2 Å². The van der Waals surface area contributed by atoms with Crippen molar-refractivity contribution in [3.8, 4) is 6.01 Å². The summed E-state index contributed by atoms with van der Waals surface area (Å²) >= 11 is 0. The Bertz CT molecular complexity index is 1030. The number of nitrogens with zero attached hydrogens (tertiary/aromatic N) is 5. The van der Waals surface area contributed by atoms with Crippen LogP contribution in [0, 0.1) is 0 Å². The van der Waals surface area contributed by atoms with Crippen LogP contribution < -0.4 is 21.2 Å². The Balaban J connectivity index is 0.000000795. The van der Waals surface area contributed by atoms with Gasteiger partial charge in [0.1, 0.15) is 6.61 Å². The number of aliphatic carboxylic acids is 1. The van der Waals surface area contributed by atoms with Crippen LogP contribution in [-0.2, 0) is 11.2 Å². The number of hydrogen-bond acceptors (Lipinski definition) is 9. The summed E-state index contributed by atoms with van der Waals surface area (Å²) in [5, 5.41) is 8.90. The summed E-state index contributed by atoms with van der Waals surface area (Å²) in [6.45, 7) is 5.55. The van der Waals surface area contributed by atoms with Crippen molar-refractivity contribution in [2.24, 2.45) is 11.6 Å². The van der Waals surface area contributed by atoms with Gasteiger partial charge in [-0.1, -0.05) is 13.3 Å². The molecule has 10 heteroatoms. The molecular weight excluding hydrogens is 446 g/mol. The molecule has 190 valence electrons. The Morgan fingerprint density at radius 3 is 2.46 bits per heavy atom. The summed E-state index contributed by atoms with van der Waals surface area (Å²) in [4.78, 5) is 25.1. The van der Waals surface area contributed by atoms with Crippen LogP contribution in [0.15, 0.2) is 30.1 Å². The quantitative estimate of drug-likeness (QED) is 0.379. The summed E-state index contributed by atoms with van der Waals surface area (Å²) < 4.78 is 5.88. The third-order valence-electron chi connectivity index (χ3n) is 6.26. The number of rotatable bonds is 8. The molecule has 2 aliphatic rings. The molecule has 0 atom stereocenters. The van der Waals surface area contributed by atoms with E-state index in [-0.39, 0.29) is 6.61 Å². The molecule has 35 heavy (non-hydrogen) atoms. The van der Waals surface area contributed by atoms with E-state index in [1.807, 2.05) is 12.1 Å². The number of carboxylic acids is 1. The largest absolute Gasteiger partial charge is 0.481 e. The fraction of sp³-hybridized carbons (Fsp3) is 0.520. The lowest BCUT2D eigenvalue weighted by molar-refractivity contribution is -0.134. The molecule has 1 saturated heterocycles. The molecule has 0 spiro atoms. The molecule has 0 unspecified atom stereocenters. The maximum absolute atomic E-state index is 9.00. The smallest absolute Gasteiger partial charge is 0.316 e. The van der Waals surface area contributed by atoms with Gasteiger partial charge in [-0.3, -0.25) is 4.79 Å². The maximum atomic E-state index is 9.00. The van der Waals surface area contributed by atoms with Crippen molar-refractivity contribution in [3.63, 3.8) is 0 Å². The zero-order chi connectivity index (χ0) is 25.4. The second kappa shape index (κ2) is 12.3. The normalized spacial score (nSPS) is 16.1. The fourth-order valence-electron chi connectivity index (χ4n) is 4.16. The molecule has 0 radical (unpaired) electrons. The molecule has 3 heterocycles. The van der Waals surface area contributed by atoms with Gasteiger partial charge in [-0.05, 0) is 50.3 Å². The van der Waals surface area contributed by atoms with E-state index in [2.05, 4.69) is 27.9 Å². The molecule has 1 saturated carbocycles. The van der Waals surface area contributed by atoms with Gasteiger partial charge < -0.3 is 25.5 Å². The van der Waals surface area contributed by atoms with E-state index in [0.717, 1.165) is 37.8 Å². The average molecular weight is 484 g/mol. The topological polar surface area (TPSA) is 144 Å². The van der Waals surface area contributed by atoms with E-state index in [4.69, 9.17) is 31.2 Å². The minimum Gasteiger partial charge on any atom is -0.481 e. The number of ether oxygens (including phenoxy) is 1. The number of hydrazine groups is 1. The first-order valence-corrected chi connectivity index (χ1v) is 12.2. The number of aromatic nitrogens is 3. The summed E-state index contributed by atoms with van der Waals surface area (Å²) in [6, 6.07) is 6.41. The molecule has 0 bridgehead atoms. The SMILES string of the molecule is CC(=O)O.CCc1nc(/C(N)=C(\COc2nccc(C3CCC3)n2)N(C)N)ccc1N1CCCC1. The molecule has 1 aliphatic carbocycles. The van der Waals surface area contributed by atoms with Crippen LogP contribution in [0.1, 0.15) is 69.0 Å². The Morgan fingerprint density at radius 1 is 1.20 bits per heavy atom. The number of anilines is 1. The lowest BCUT2D eigenvalue weighted by Gasteiger charge is -2.25. The van der Waals surface area contributed by atoms with E-state index >= 15 is 0 Å².